The molecule has 0 aromatic heterocycles. The molecule has 1 aliphatic heterocycles. The number of likely N-dealkylation sites (tertiary alicyclic amines) is 1. The zero-order valence-electron chi connectivity index (χ0n) is 13.1. The van der Waals surface area contributed by atoms with Crippen LogP contribution in [0.15, 0.2) is 18.2 Å². The van der Waals surface area contributed by atoms with Crippen molar-refractivity contribution < 1.29 is 18.8 Å². The van der Waals surface area contributed by atoms with Gasteiger partial charge in [-0.2, -0.15) is 0 Å². The normalized spacial score (nSPS) is 19.8. The van der Waals surface area contributed by atoms with Gasteiger partial charge in [-0.1, -0.05) is 30.9 Å². The second-order valence-corrected chi connectivity index (χ2v) is 6.91. The fraction of sp³-hybridized carbons (Fsp3) is 0.471. The quantitative estimate of drug-likeness (QED) is 0.850. The van der Waals surface area contributed by atoms with Gasteiger partial charge in [-0.25, -0.2) is 4.39 Å². The average Bonchev–Trinajstić information content (AvgIpc) is 2.76. The Bertz CT molecular complexity index is 701. The highest BCUT2D eigenvalue weighted by molar-refractivity contribution is 6.30. The fourth-order valence-corrected chi connectivity index (χ4v) is 3.74. The van der Waals surface area contributed by atoms with Gasteiger partial charge in [0, 0.05) is 11.4 Å². The second kappa shape index (κ2) is 6.51. The van der Waals surface area contributed by atoms with E-state index in [0.717, 1.165) is 30.2 Å². The molecular weight excluding hydrogens is 335 g/mol. The van der Waals surface area contributed by atoms with Crippen LogP contribution in [-0.4, -0.2) is 29.2 Å². The highest BCUT2D eigenvalue weighted by Crippen LogP contribution is 2.45. The van der Waals surface area contributed by atoms with Crippen molar-refractivity contribution >= 4 is 35.0 Å². The lowest BCUT2D eigenvalue weighted by Crippen LogP contribution is -2.41. The molecule has 1 aromatic carbocycles. The van der Waals surface area contributed by atoms with E-state index in [-0.39, 0.29) is 28.9 Å². The van der Waals surface area contributed by atoms with E-state index in [4.69, 9.17) is 11.6 Å². The van der Waals surface area contributed by atoms with Gasteiger partial charge in [-0.05, 0) is 31.0 Å². The van der Waals surface area contributed by atoms with Crippen LogP contribution >= 0.6 is 11.6 Å². The monoisotopic (exact) mass is 352 g/mol. The van der Waals surface area contributed by atoms with Crippen LogP contribution < -0.4 is 5.32 Å². The summed E-state index contributed by atoms with van der Waals surface area (Å²) in [5.41, 5.74) is -0.698. The first-order chi connectivity index (χ1) is 11.4. The van der Waals surface area contributed by atoms with Crippen LogP contribution in [0.3, 0.4) is 0 Å². The highest BCUT2D eigenvalue weighted by Gasteiger charge is 2.51. The molecule has 0 bridgehead atoms. The second-order valence-electron chi connectivity index (χ2n) is 6.48. The number of nitrogens with one attached hydrogen (secondary N) is 1. The predicted octanol–water partition coefficient (Wildman–Crippen LogP) is 3.13. The zero-order chi connectivity index (χ0) is 17.3. The SMILES string of the molecule is O=C(CN1C(=O)CC2(CCCCC2)C1=O)Nc1cc(Cl)ccc1F. The maximum absolute atomic E-state index is 13.7. The van der Waals surface area contributed by atoms with Crippen LogP contribution in [-0.2, 0) is 14.4 Å². The van der Waals surface area contributed by atoms with Gasteiger partial charge in [0.15, 0.2) is 0 Å². The van der Waals surface area contributed by atoms with Crippen molar-refractivity contribution in [3.63, 3.8) is 0 Å². The summed E-state index contributed by atoms with van der Waals surface area (Å²) in [5.74, 6) is -1.85. The molecule has 5 nitrogen and oxygen atoms in total. The topological polar surface area (TPSA) is 66.5 Å². The Morgan fingerprint density at radius 3 is 2.67 bits per heavy atom. The summed E-state index contributed by atoms with van der Waals surface area (Å²) in [6, 6.07) is 3.79. The largest absolute Gasteiger partial charge is 0.322 e. The van der Waals surface area contributed by atoms with E-state index in [0.29, 0.717) is 12.8 Å². The van der Waals surface area contributed by atoms with E-state index >= 15 is 0 Å². The molecule has 2 aliphatic rings. The number of imide groups is 1. The average molecular weight is 353 g/mol. The Labute approximate surface area is 144 Å². The van der Waals surface area contributed by atoms with Crippen LogP contribution in [0, 0.1) is 11.2 Å². The molecule has 1 aliphatic carbocycles. The minimum Gasteiger partial charge on any atom is -0.322 e. The van der Waals surface area contributed by atoms with Crippen LogP contribution in [0.5, 0.6) is 0 Å². The molecule has 1 spiro atoms. The number of halogens is 2. The summed E-state index contributed by atoms with van der Waals surface area (Å²) < 4.78 is 13.7. The summed E-state index contributed by atoms with van der Waals surface area (Å²) in [5, 5.41) is 2.64. The summed E-state index contributed by atoms with van der Waals surface area (Å²) in [6.07, 6.45) is 4.47. The third-order valence-electron chi connectivity index (χ3n) is 4.80. The molecule has 1 saturated carbocycles. The van der Waals surface area contributed by atoms with Gasteiger partial charge in [0.05, 0.1) is 11.1 Å². The van der Waals surface area contributed by atoms with Crippen molar-refractivity contribution in [2.75, 3.05) is 11.9 Å². The minimum atomic E-state index is -0.629. The van der Waals surface area contributed by atoms with Gasteiger partial charge < -0.3 is 5.32 Å². The molecule has 1 heterocycles. The Kier molecular flexibility index (Phi) is 4.58. The van der Waals surface area contributed by atoms with Crippen molar-refractivity contribution in [2.45, 2.75) is 38.5 Å². The molecule has 24 heavy (non-hydrogen) atoms. The summed E-state index contributed by atoms with van der Waals surface area (Å²) in [6.45, 7) is -0.397. The molecule has 0 atom stereocenters. The van der Waals surface area contributed by atoms with Crippen molar-refractivity contribution in [1.29, 1.82) is 0 Å². The first-order valence-corrected chi connectivity index (χ1v) is 8.39. The number of hydrogen-bond donors (Lipinski definition) is 1. The Morgan fingerprint density at radius 1 is 1.25 bits per heavy atom. The van der Waals surface area contributed by atoms with E-state index in [1.807, 2.05) is 0 Å². The molecule has 128 valence electrons. The molecule has 3 amide bonds. The summed E-state index contributed by atoms with van der Waals surface area (Å²) >= 11 is 5.78. The smallest absolute Gasteiger partial charge is 0.244 e. The molecule has 0 radical (unpaired) electrons. The number of benzene rings is 1. The molecule has 2 fully saturated rings. The number of rotatable bonds is 3. The molecule has 0 unspecified atom stereocenters. The summed E-state index contributed by atoms with van der Waals surface area (Å²) in [4.78, 5) is 38.0. The van der Waals surface area contributed by atoms with Crippen LogP contribution in [0.4, 0.5) is 10.1 Å². The Morgan fingerprint density at radius 2 is 1.96 bits per heavy atom. The number of carbonyl (C=O) groups is 3. The molecule has 1 saturated heterocycles. The predicted molar refractivity (Wildman–Crippen MR) is 86.9 cm³/mol. The maximum atomic E-state index is 13.7. The van der Waals surface area contributed by atoms with Crippen LogP contribution in [0.25, 0.3) is 0 Å². The fourth-order valence-electron chi connectivity index (χ4n) is 3.57. The van der Waals surface area contributed by atoms with Gasteiger partial charge in [-0.3, -0.25) is 19.3 Å². The maximum Gasteiger partial charge on any atom is 0.244 e. The lowest BCUT2D eigenvalue weighted by Gasteiger charge is -2.30. The highest BCUT2D eigenvalue weighted by atomic mass is 35.5. The molecule has 1 N–H and O–H groups in total. The molecule has 1 aromatic rings. The number of nitrogens with zero attached hydrogens (tertiary/aromatic N) is 1. The van der Waals surface area contributed by atoms with Crippen molar-refractivity contribution in [1.82, 2.24) is 4.90 Å². The van der Waals surface area contributed by atoms with Gasteiger partial charge in [-0.15, -0.1) is 0 Å². The first kappa shape index (κ1) is 16.9. The van der Waals surface area contributed by atoms with Gasteiger partial charge >= 0.3 is 0 Å². The molecule has 3 rings (SSSR count). The number of amides is 3. The lowest BCUT2D eigenvalue weighted by atomic mass is 9.73. The zero-order valence-corrected chi connectivity index (χ0v) is 13.9. The lowest BCUT2D eigenvalue weighted by molar-refractivity contribution is -0.144. The number of anilines is 1. The molecule has 7 heteroatoms. The minimum absolute atomic E-state index is 0.0704. The van der Waals surface area contributed by atoms with Crippen molar-refractivity contribution in [3.05, 3.63) is 29.0 Å². The van der Waals surface area contributed by atoms with E-state index in [2.05, 4.69) is 5.32 Å². The third kappa shape index (κ3) is 3.15. The first-order valence-electron chi connectivity index (χ1n) is 8.01. The Hall–Kier alpha value is -1.95. The van der Waals surface area contributed by atoms with Crippen LogP contribution in [0.2, 0.25) is 5.02 Å². The van der Waals surface area contributed by atoms with E-state index in [1.54, 1.807) is 0 Å². The van der Waals surface area contributed by atoms with Crippen molar-refractivity contribution in [3.8, 4) is 0 Å². The van der Waals surface area contributed by atoms with Crippen molar-refractivity contribution in [2.24, 2.45) is 5.41 Å². The van der Waals surface area contributed by atoms with E-state index < -0.39 is 23.7 Å². The number of hydrogen-bond acceptors (Lipinski definition) is 3. The van der Waals surface area contributed by atoms with E-state index in [9.17, 15) is 18.8 Å². The standard InChI is InChI=1S/C17H18ClFN2O3/c18-11-4-5-12(19)13(8-11)20-14(22)10-21-15(23)9-17(16(21)24)6-2-1-3-7-17/h4-5,8H,1-3,6-7,9-10H2,(H,20,22). The van der Waals surface area contributed by atoms with Gasteiger partial charge in [0.1, 0.15) is 12.4 Å². The van der Waals surface area contributed by atoms with Gasteiger partial charge in [0.2, 0.25) is 17.7 Å². The summed E-state index contributed by atoms with van der Waals surface area (Å²) in [7, 11) is 0. The Balaban J connectivity index is 1.69. The third-order valence-corrected chi connectivity index (χ3v) is 5.04. The van der Waals surface area contributed by atoms with Gasteiger partial charge in [0.25, 0.3) is 0 Å². The molecular formula is C17H18ClFN2O3. The number of carbonyl (C=O) groups excluding carboxylic acids is 3. The van der Waals surface area contributed by atoms with Crippen LogP contribution in [0.1, 0.15) is 38.5 Å². The van der Waals surface area contributed by atoms with E-state index in [1.165, 1.54) is 12.1 Å².